The van der Waals surface area contributed by atoms with E-state index in [2.05, 4.69) is 108 Å². The maximum absolute atomic E-state index is 5.16. The minimum Gasteiger partial charge on any atom is -0.339 e. The number of hydrogen-bond acceptors (Lipinski definition) is 1. The Kier molecular flexibility index (Phi) is 10.8. The van der Waals surface area contributed by atoms with E-state index in [-0.39, 0.29) is 17.1 Å². The first-order valence-corrected chi connectivity index (χ1v) is 11.8. The zero-order valence-electron chi connectivity index (χ0n) is 21.1. The van der Waals surface area contributed by atoms with Crippen molar-refractivity contribution >= 4 is 17.2 Å². The van der Waals surface area contributed by atoms with Crippen LogP contribution in [0.4, 0.5) is 11.4 Å². The van der Waals surface area contributed by atoms with E-state index in [0.29, 0.717) is 11.8 Å². The average Bonchev–Trinajstić information content (AvgIpc) is 3.52. The van der Waals surface area contributed by atoms with Gasteiger partial charge in [-0.15, -0.1) is 0 Å². The number of aryl methyl sites for hydroxylation is 2. The molecular formula is C31H36FeN2. The van der Waals surface area contributed by atoms with Crippen LogP contribution in [0.5, 0.6) is 0 Å². The number of anilines is 1. The molecular weight excluding hydrogens is 456 g/mol. The van der Waals surface area contributed by atoms with Crippen LogP contribution in [0.3, 0.4) is 0 Å². The molecule has 3 heteroatoms. The van der Waals surface area contributed by atoms with E-state index in [1.165, 1.54) is 22.3 Å². The number of amidine groups is 1. The minimum atomic E-state index is 0. The van der Waals surface area contributed by atoms with Gasteiger partial charge in [0.25, 0.3) is 0 Å². The molecule has 0 atom stereocenters. The molecule has 0 aliphatic heterocycles. The molecule has 2 aliphatic rings. The molecule has 0 spiro atoms. The SMILES string of the molecule is Cc1cccc(C(C)C)c1N=C(Nc1c(C)cccc1C(C)C)C1=C[CH]C=C1.[CH]1C=CC=C1.[Fe]. The number of aliphatic imine (C=N–C) groups is 1. The fourth-order valence-corrected chi connectivity index (χ4v) is 3.89. The summed E-state index contributed by atoms with van der Waals surface area (Å²) in [5, 5.41) is 3.69. The maximum Gasteiger partial charge on any atom is 0.138 e. The Morgan fingerprint density at radius 1 is 0.735 bits per heavy atom. The first kappa shape index (κ1) is 27.6. The largest absolute Gasteiger partial charge is 0.339 e. The number of para-hydroxylation sites is 2. The van der Waals surface area contributed by atoms with Crippen LogP contribution in [0.2, 0.25) is 0 Å². The normalized spacial score (nSPS) is 14.2. The molecule has 0 fully saturated rings. The molecule has 0 saturated heterocycles. The summed E-state index contributed by atoms with van der Waals surface area (Å²) in [7, 11) is 0. The summed E-state index contributed by atoms with van der Waals surface area (Å²) in [6.45, 7) is 13.2. The van der Waals surface area contributed by atoms with Gasteiger partial charge in [0, 0.05) is 41.2 Å². The van der Waals surface area contributed by atoms with E-state index in [4.69, 9.17) is 4.99 Å². The second-order valence-electron chi connectivity index (χ2n) is 9.08. The van der Waals surface area contributed by atoms with Gasteiger partial charge in [-0.05, 0) is 47.9 Å². The van der Waals surface area contributed by atoms with Crippen LogP contribution < -0.4 is 5.32 Å². The summed E-state index contributed by atoms with van der Waals surface area (Å²) in [5.74, 6) is 1.76. The van der Waals surface area contributed by atoms with Gasteiger partial charge in [0.1, 0.15) is 5.84 Å². The molecule has 0 saturated carbocycles. The van der Waals surface area contributed by atoms with E-state index < -0.39 is 0 Å². The minimum absolute atomic E-state index is 0. The average molecular weight is 492 g/mol. The molecule has 2 nitrogen and oxygen atoms in total. The van der Waals surface area contributed by atoms with Gasteiger partial charge >= 0.3 is 0 Å². The number of rotatable bonds is 5. The number of allylic oxidation sites excluding steroid dienone is 6. The zero-order chi connectivity index (χ0) is 23.8. The molecule has 2 aromatic carbocycles. The first-order chi connectivity index (χ1) is 15.9. The summed E-state index contributed by atoms with van der Waals surface area (Å²) < 4.78 is 0. The van der Waals surface area contributed by atoms with E-state index >= 15 is 0 Å². The standard InChI is InChI=1S/C26H31N2.C5H5.Fe/c1-17(2)22-15-9-11-19(5)24(22)27-26(21-13-7-8-14-21)28-25-20(6)12-10-16-23(25)18(3)4;1-2-4-5-3-1;/h7-18H,1-6H3,(H,27,28);1-5H;. The predicted octanol–water partition coefficient (Wildman–Crippen LogP) is 8.71. The van der Waals surface area contributed by atoms with Crippen LogP contribution in [-0.4, -0.2) is 5.84 Å². The summed E-state index contributed by atoms with van der Waals surface area (Å²) in [6.07, 6.45) is 18.4. The van der Waals surface area contributed by atoms with Crippen LogP contribution in [-0.2, 0) is 17.1 Å². The Bertz CT molecular complexity index is 1100. The molecule has 0 amide bonds. The van der Waals surface area contributed by atoms with Crippen molar-refractivity contribution in [3.8, 4) is 0 Å². The predicted molar refractivity (Wildman–Crippen MR) is 145 cm³/mol. The van der Waals surface area contributed by atoms with Gasteiger partial charge in [0.05, 0.1) is 5.69 Å². The monoisotopic (exact) mass is 492 g/mol. The smallest absolute Gasteiger partial charge is 0.138 e. The zero-order valence-corrected chi connectivity index (χ0v) is 22.2. The molecule has 0 bridgehead atoms. The van der Waals surface area contributed by atoms with E-state index in [0.717, 1.165) is 22.8 Å². The quantitative estimate of drug-likeness (QED) is 0.252. The molecule has 2 radical (unpaired) electrons. The van der Waals surface area contributed by atoms with Crippen molar-refractivity contribution in [3.05, 3.63) is 120 Å². The summed E-state index contributed by atoms with van der Waals surface area (Å²) in [6, 6.07) is 12.9. The van der Waals surface area contributed by atoms with Crippen LogP contribution >= 0.6 is 0 Å². The van der Waals surface area contributed by atoms with Crippen molar-refractivity contribution in [2.75, 3.05) is 5.32 Å². The van der Waals surface area contributed by atoms with Gasteiger partial charge in [-0.3, -0.25) is 0 Å². The van der Waals surface area contributed by atoms with Crippen molar-refractivity contribution in [1.82, 2.24) is 0 Å². The van der Waals surface area contributed by atoms with Gasteiger partial charge in [0.2, 0.25) is 0 Å². The van der Waals surface area contributed by atoms with Crippen molar-refractivity contribution in [1.29, 1.82) is 0 Å². The van der Waals surface area contributed by atoms with Gasteiger partial charge in [-0.25, -0.2) is 4.99 Å². The fourth-order valence-electron chi connectivity index (χ4n) is 3.89. The van der Waals surface area contributed by atoms with Crippen LogP contribution in [0.25, 0.3) is 0 Å². The number of benzene rings is 2. The Hall–Kier alpha value is -2.61. The molecule has 0 unspecified atom stereocenters. The molecule has 178 valence electrons. The number of nitrogens with zero attached hydrogens (tertiary/aromatic N) is 1. The molecule has 1 N–H and O–H groups in total. The van der Waals surface area contributed by atoms with Gasteiger partial charge in [-0.1, -0.05) is 107 Å². The fraction of sp³-hybridized carbons (Fsp3) is 0.258. The number of hydrogen-bond donors (Lipinski definition) is 1. The maximum atomic E-state index is 5.16. The Labute approximate surface area is 217 Å². The molecule has 34 heavy (non-hydrogen) atoms. The second-order valence-corrected chi connectivity index (χ2v) is 9.08. The van der Waals surface area contributed by atoms with Crippen LogP contribution in [0.15, 0.2) is 89.5 Å². The second kappa shape index (κ2) is 13.3. The Balaban J connectivity index is 0.000000603. The van der Waals surface area contributed by atoms with Crippen molar-refractivity contribution in [2.24, 2.45) is 4.99 Å². The van der Waals surface area contributed by atoms with Gasteiger partial charge in [-0.2, -0.15) is 0 Å². The third-order valence-electron chi connectivity index (χ3n) is 5.78. The van der Waals surface area contributed by atoms with Crippen molar-refractivity contribution in [2.45, 2.75) is 53.4 Å². The van der Waals surface area contributed by atoms with Gasteiger partial charge in [0.15, 0.2) is 0 Å². The summed E-state index contributed by atoms with van der Waals surface area (Å²) >= 11 is 0. The van der Waals surface area contributed by atoms with Crippen molar-refractivity contribution < 1.29 is 17.1 Å². The Morgan fingerprint density at radius 2 is 1.35 bits per heavy atom. The molecule has 0 heterocycles. The van der Waals surface area contributed by atoms with E-state index in [1.54, 1.807) is 0 Å². The summed E-state index contributed by atoms with van der Waals surface area (Å²) in [4.78, 5) is 5.16. The molecule has 2 aliphatic carbocycles. The molecule has 4 rings (SSSR count). The van der Waals surface area contributed by atoms with Crippen molar-refractivity contribution in [3.63, 3.8) is 0 Å². The van der Waals surface area contributed by atoms with Gasteiger partial charge < -0.3 is 5.32 Å². The van der Waals surface area contributed by atoms with Crippen LogP contribution in [0.1, 0.15) is 61.8 Å². The topological polar surface area (TPSA) is 24.4 Å². The number of nitrogens with one attached hydrogen (secondary N) is 1. The summed E-state index contributed by atoms with van der Waals surface area (Å²) in [5.41, 5.74) is 8.37. The van der Waals surface area contributed by atoms with Crippen LogP contribution in [0, 0.1) is 26.7 Å². The first-order valence-electron chi connectivity index (χ1n) is 11.8. The van der Waals surface area contributed by atoms with E-state index in [1.807, 2.05) is 30.7 Å². The third-order valence-corrected chi connectivity index (χ3v) is 5.78. The third kappa shape index (κ3) is 7.19. The molecule has 2 aromatic rings. The van der Waals surface area contributed by atoms with E-state index in [9.17, 15) is 0 Å². The molecule has 0 aromatic heterocycles. The Morgan fingerprint density at radius 3 is 1.88 bits per heavy atom.